The largest absolute Gasteiger partial charge is 0.392 e. The molecule has 36 heavy (non-hydrogen) atoms. The number of amides is 2. The summed E-state index contributed by atoms with van der Waals surface area (Å²) in [5.41, 5.74) is 1.53. The molecule has 5 rings (SSSR count). The first-order valence-corrected chi connectivity index (χ1v) is 14.0. The van der Waals surface area contributed by atoms with Gasteiger partial charge < -0.3 is 19.5 Å². The van der Waals surface area contributed by atoms with Crippen molar-refractivity contribution in [3.8, 4) is 0 Å². The number of carbonyl (C=O) groups excluding carboxylic acids is 2. The molecule has 9 heteroatoms. The quantitative estimate of drug-likeness (QED) is 0.655. The molecule has 2 aliphatic carbocycles. The molecule has 2 N–H and O–H groups in total. The summed E-state index contributed by atoms with van der Waals surface area (Å²) in [5.74, 6) is -0.142. The second kappa shape index (κ2) is 9.58. The predicted molar refractivity (Wildman–Crippen MR) is 141 cm³/mol. The van der Waals surface area contributed by atoms with Crippen LogP contribution in [0.3, 0.4) is 0 Å². The van der Waals surface area contributed by atoms with Gasteiger partial charge in [-0.15, -0.1) is 11.3 Å². The van der Waals surface area contributed by atoms with E-state index in [2.05, 4.69) is 31.1 Å². The number of likely N-dealkylation sites (N-methyl/N-ethyl adjacent to an activating group) is 1. The second-order valence-electron chi connectivity index (χ2n) is 11.5. The van der Waals surface area contributed by atoms with Crippen molar-refractivity contribution in [2.75, 3.05) is 38.5 Å². The smallest absolute Gasteiger partial charge is 0.274 e. The maximum atomic E-state index is 13.3. The Hall–Kier alpha value is -2.23. The van der Waals surface area contributed by atoms with E-state index in [9.17, 15) is 14.7 Å². The van der Waals surface area contributed by atoms with Crippen molar-refractivity contribution >= 4 is 28.3 Å². The van der Waals surface area contributed by atoms with E-state index in [1.54, 1.807) is 22.0 Å². The van der Waals surface area contributed by atoms with Gasteiger partial charge in [-0.05, 0) is 55.7 Å². The number of aryl methyl sites for hydroxylation is 1. The number of rotatable bonds is 4. The van der Waals surface area contributed by atoms with Gasteiger partial charge in [-0.2, -0.15) is 0 Å². The lowest BCUT2D eigenvalue weighted by Gasteiger charge is -2.53. The molecule has 2 aromatic heterocycles. The van der Waals surface area contributed by atoms with Crippen LogP contribution in [0.4, 0.5) is 5.13 Å². The van der Waals surface area contributed by atoms with E-state index in [0.717, 1.165) is 51.1 Å². The maximum absolute atomic E-state index is 13.3. The standard InChI is InChI=1S/C27H39N5O3S/c1-16(25(35)32-13-11-30(4)12-14-32)18-8-9-27(3)15-20-22(17(2)21(27)23(18)33)28-26(36-20)29-24(34)19-7-6-10-31(19)5/h6-7,10,16-18,21,23,33H,8-9,11-15H2,1-5H3,(H,28,29,34)/t16-,17-,18+,21+,23-,27-/m0/s1. The summed E-state index contributed by atoms with van der Waals surface area (Å²) in [7, 11) is 3.94. The number of fused-ring (bicyclic) bond motifs is 2. The Morgan fingerprint density at radius 2 is 1.97 bits per heavy atom. The van der Waals surface area contributed by atoms with E-state index in [1.807, 2.05) is 31.1 Å². The minimum absolute atomic E-state index is 0.0324. The Morgan fingerprint density at radius 3 is 2.64 bits per heavy atom. The molecule has 196 valence electrons. The summed E-state index contributed by atoms with van der Waals surface area (Å²) >= 11 is 1.56. The topological polar surface area (TPSA) is 90.7 Å². The Morgan fingerprint density at radius 1 is 1.25 bits per heavy atom. The molecule has 8 nitrogen and oxygen atoms in total. The molecule has 0 spiro atoms. The lowest BCUT2D eigenvalue weighted by Crippen LogP contribution is -2.55. The van der Waals surface area contributed by atoms with Crippen LogP contribution in [0, 0.1) is 23.2 Å². The van der Waals surface area contributed by atoms with E-state index in [4.69, 9.17) is 4.98 Å². The van der Waals surface area contributed by atoms with Crippen molar-refractivity contribution in [1.82, 2.24) is 19.4 Å². The van der Waals surface area contributed by atoms with Gasteiger partial charge in [0.05, 0.1) is 11.8 Å². The number of hydrogen-bond acceptors (Lipinski definition) is 6. The molecule has 3 aliphatic rings. The maximum Gasteiger partial charge on any atom is 0.274 e. The van der Waals surface area contributed by atoms with E-state index in [0.29, 0.717) is 10.8 Å². The molecule has 2 fully saturated rings. The monoisotopic (exact) mass is 513 g/mol. The zero-order valence-corrected chi connectivity index (χ0v) is 22.8. The molecule has 2 amide bonds. The van der Waals surface area contributed by atoms with Crippen molar-refractivity contribution < 1.29 is 14.7 Å². The van der Waals surface area contributed by atoms with Crippen LogP contribution >= 0.6 is 11.3 Å². The van der Waals surface area contributed by atoms with Gasteiger partial charge in [-0.25, -0.2) is 4.98 Å². The lowest BCUT2D eigenvalue weighted by atomic mass is 9.53. The van der Waals surface area contributed by atoms with Crippen molar-refractivity contribution in [3.05, 3.63) is 34.6 Å². The van der Waals surface area contributed by atoms with Crippen molar-refractivity contribution in [1.29, 1.82) is 0 Å². The van der Waals surface area contributed by atoms with Gasteiger partial charge in [-0.3, -0.25) is 14.9 Å². The third-order valence-corrected chi connectivity index (χ3v) is 10.2. The highest BCUT2D eigenvalue weighted by Gasteiger charge is 2.54. The van der Waals surface area contributed by atoms with Crippen LogP contribution in [0.1, 0.15) is 60.6 Å². The molecule has 1 saturated carbocycles. The predicted octanol–water partition coefficient (Wildman–Crippen LogP) is 3.20. The number of thiazole rings is 1. The Labute approximate surface area is 217 Å². The zero-order chi connectivity index (χ0) is 25.8. The van der Waals surface area contributed by atoms with Crippen LogP contribution in [0.15, 0.2) is 18.3 Å². The molecule has 0 unspecified atom stereocenters. The number of carbonyl (C=O) groups is 2. The first-order valence-electron chi connectivity index (χ1n) is 13.2. The first-order chi connectivity index (χ1) is 17.1. The number of nitrogens with one attached hydrogen (secondary N) is 1. The Balaban J connectivity index is 1.33. The van der Waals surface area contributed by atoms with Gasteiger partial charge in [0.2, 0.25) is 5.91 Å². The number of aromatic nitrogens is 2. The molecule has 1 saturated heterocycles. The first kappa shape index (κ1) is 25.4. The summed E-state index contributed by atoms with van der Waals surface area (Å²) < 4.78 is 1.79. The highest BCUT2D eigenvalue weighted by molar-refractivity contribution is 7.15. The fraction of sp³-hybridized carbons (Fsp3) is 0.667. The molecule has 0 radical (unpaired) electrons. The highest BCUT2D eigenvalue weighted by Crippen LogP contribution is 2.57. The minimum Gasteiger partial charge on any atom is -0.392 e. The van der Waals surface area contributed by atoms with Gasteiger partial charge >= 0.3 is 0 Å². The summed E-state index contributed by atoms with van der Waals surface area (Å²) in [4.78, 5) is 36.4. The highest BCUT2D eigenvalue weighted by atomic mass is 32.1. The fourth-order valence-corrected chi connectivity index (χ4v) is 8.22. The number of anilines is 1. The fourth-order valence-electron chi connectivity index (χ4n) is 6.96. The number of aliphatic hydroxyl groups is 1. The minimum atomic E-state index is -0.554. The van der Waals surface area contributed by atoms with Crippen molar-refractivity contribution in [2.24, 2.45) is 30.2 Å². The normalized spacial score (nSPS) is 31.4. The van der Waals surface area contributed by atoms with Crippen LogP contribution in [-0.2, 0) is 18.3 Å². The van der Waals surface area contributed by atoms with E-state index >= 15 is 0 Å². The van der Waals surface area contributed by atoms with Gasteiger partial charge in [0.15, 0.2) is 5.13 Å². The van der Waals surface area contributed by atoms with Crippen molar-refractivity contribution in [3.63, 3.8) is 0 Å². The molecule has 6 atom stereocenters. The number of aliphatic hydroxyl groups excluding tert-OH is 1. The van der Waals surface area contributed by atoms with Gasteiger partial charge in [0.25, 0.3) is 5.91 Å². The van der Waals surface area contributed by atoms with E-state index < -0.39 is 6.10 Å². The van der Waals surface area contributed by atoms with Gasteiger partial charge in [-0.1, -0.05) is 20.8 Å². The second-order valence-corrected chi connectivity index (χ2v) is 12.6. The van der Waals surface area contributed by atoms with Crippen molar-refractivity contribution in [2.45, 2.75) is 52.1 Å². The SMILES string of the molecule is C[C@H](C(=O)N1CCN(C)CC1)[C@H]1CC[C@@]2(C)Cc3sc(NC(=O)c4cccn4C)nc3[C@@H](C)[C@@H]2[C@H]1O. The number of piperazine rings is 1. The summed E-state index contributed by atoms with van der Waals surface area (Å²) in [6, 6.07) is 3.64. The third-order valence-electron chi connectivity index (χ3n) is 9.17. The van der Waals surface area contributed by atoms with Crippen LogP contribution in [0.5, 0.6) is 0 Å². The summed E-state index contributed by atoms with van der Waals surface area (Å²) in [5, 5.41) is 15.3. The number of nitrogens with zero attached hydrogens (tertiary/aromatic N) is 4. The average molecular weight is 514 g/mol. The number of hydrogen-bond donors (Lipinski definition) is 2. The molecule has 0 aromatic carbocycles. The van der Waals surface area contributed by atoms with Crippen LogP contribution in [0.2, 0.25) is 0 Å². The molecule has 3 heterocycles. The van der Waals surface area contributed by atoms with Gasteiger partial charge in [0.1, 0.15) is 5.69 Å². The van der Waals surface area contributed by atoms with E-state index in [1.165, 1.54) is 4.88 Å². The Bertz CT molecular complexity index is 1140. The Kier molecular flexibility index (Phi) is 6.76. The summed E-state index contributed by atoms with van der Waals surface area (Å²) in [6.45, 7) is 9.78. The molecular formula is C27H39N5O3S. The zero-order valence-electron chi connectivity index (χ0n) is 22.0. The molecule has 0 bridgehead atoms. The van der Waals surface area contributed by atoms with Crippen LogP contribution in [-0.4, -0.2) is 75.6 Å². The van der Waals surface area contributed by atoms with E-state index in [-0.39, 0.29) is 40.9 Å². The molecular weight excluding hydrogens is 474 g/mol. The van der Waals surface area contributed by atoms with Crippen LogP contribution in [0.25, 0.3) is 0 Å². The molecule has 2 aromatic rings. The van der Waals surface area contributed by atoms with Crippen LogP contribution < -0.4 is 5.32 Å². The summed E-state index contributed by atoms with van der Waals surface area (Å²) in [6.07, 6.45) is 3.98. The van der Waals surface area contributed by atoms with Gasteiger partial charge in [0, 0.05) is 56.1 Å². The average Bonchev–Trinajstić information content (AvgIpc) is 3.44. The lowest BCUT2D eigenvalue weighted by molar-refractivity contribution is -0.146. The molecule has 1 aliphatic heterocycles. The third kappa shape index (κ3) is 4.39.